The van der Waals surface area contributed by atoms with E-state index in [4.69, 9.17) is 33.2 Å². The highest BCUT2D eigenvalue weighted by atomic mass is 16.6. The second kappa shape index (κ2) is 22.6. The molecule has 45 heavy (non-hydrogen) atoms. The fraction of sp³-hybridized carbons (Fsp3) is 0.733. The second-order valence-electron chi connectivity index (χ2n) is 10.6. The van der Waals surface area contributed by atoms with Crippen LogP contribution in [0.15, 0.2) is 30.6 Å². The van der Waals surface area contributed by atoms with Crippen LogP contribution >= 0.6 is 0 Å². The zero-order valence-corrected chi connectivity index (χ0v) is 26.6. The van der Waals surface area contributed by atoms with E-state index in [9.17, 15) is 9.59 Å². The third-order valence-corrected chi connectivity index (χ3v) is 6.87. The molecule has 15 nitrogen and oxygen atoms in total. The van der Waals surface area contributed by atoms with Crippen molar-refractivity contribution >= 4 is 11.9 Å². The molecule has 1 N–H and O–H groups in total. The Hall–Kier alpha value is -2.92. The number of likely N-dealkylation sites (tertiary alicyclic amines) is 1. The standard InChI is InChI=1S/C30H50N6O9/c1-26-5-7-34(23-26)30(38)31-6-9-39-11-13-41-15-17-43-19-21-45-22-20-44-18-16-42-14-12-40-10-8-35-24-28(32-33-35)25-36-27(2)3-4-29(36)37/h3-4,24,26H,2,5-23,25H2,1H3,(H,31,38)/t26-/m0/s1. The van der Waals surface area contributed by atoms with Crippen LogP contribution < -0.4 is 5.32 Å². The summed E-state index contributed by atoms with van der Waals surface area (Å²) in [5.74, 6) is 0.483. The zero-order valence-electron chi connectivity index (χ0n) is 26.6. The lowest BCUT2D eigenvalue weighted by Crippen LogP contribution is -2.39. The smallest absolute Gasteiger partial charge is 0.317 e. The highest BCUT2D eigenvalue weighted by Crippen LogP contribution is 2.16. The van der Waals surface area contributed by atoms with Gasteiger partial charge in [0.2, 0.25) is 0 Å². The summed E-state index contributed by atoms with van der Waals surface area (Å²) in [7, 11) is 0. The zero-order chi connectivity index (χ0) is 32.0. The number of ether oxygens (including phenoxy) is 7. The Kier molecular flexibility index (Phi) is 18.3. The number of hydrogen-bond donors (Lipinski definition) is 1. The van der Waals surface area contributed by atoms with Gasteiger partial charge in [-0.25, -0.2) is 9.48 Å². The summed E-state index contributed by atoms with van der Waals surface area (Å²) >= 11 is 0. The van der Waals surface area contributed by atoms with Crippen LogP contribution in [-0.2, 0) is 51.0 Å². The number of allylic oxidation sites excluding steroid dienone is 1. The van der Waals surface area contributed by atoms with Crippen molar-refractivity contribution in [3.05, 3.63) is 36.3 Å². The summed E-state index contributed by atoms with van der Waals surface area (Å²) in [5, 5.41) is 11.0. The molecular formula is C30H50N6O9. The molecular weight excluding hydrogens is 588 g/mol. The third-order valence-electron chi connectivity index (χ3n) is 6.87. The highest BCUT2D eigenvalue weighted by molar-refractivity contribution is 5.92. The third kappa shape index (κ3) is 15.8. The number of carbonyl (C=O) groups excluding carboxylic acids is 2. The van der Waals surface area contributed by atoms with Crippen molar-refractivity contribution in [2.24, 2.45) is 5.92 Å². The van der Waals surface area contributed by atoms with Crippen LogP contribution in [0.4, 0.5) is 4.79 Å². The van der Waals surface area contributed by atoms with Crippen molar-refractivity contribution in [1.82, 2.24) is 30.1 Å². The van der Waals surface area contributed by atoms with Gasteiger partial charge in [-0.2, -0.15) is 0 Å². The van der Waals surface area contributed by atoms with Gasteiger partial charge in [0.1, 0.15) is 5.69 Å². The molecule has 1 aromatic rings. The minimum Gasteiger partial charge on any atom is -0.377 e. The molecule has 0 unspecified atom stereocenters. The minimum atomic E-state index is -0.0986. The van der Waals surface area contributed by atoms with Crippen LogP contribution in [0, 0.1) is 5.92 Å². The summed E-state index contributed by atoms with van der Waals surface area (Å²) in [6, 6.07) is -0.00959. The molecule has 0 saturated carbocycles. The molecule has 1 saturated heterocycles. The summed E-state index contributed by atoms with van der Waals surface area (Å²) < 4.78 is 40.2. The molecule has 0 spiro atoms. The van der Waals surface area contributed by atoms with Crippen LogP contribution in [0.5, 0.6) is 0 Å². The number of urea groups is 1. The van der Waals surface area contributed by atoms with E-state index in [1.54, 1.807) is 21.9 Å². The van der Waals surface area contributed by atoms with Gasteiger partial charge in [0.15, 0.2) is 0 Å². The molecule has 1 fully saturated rings. The molecule has 254 valence electrons. The monoisotopic (exact) mass is 638 g/mol. The Morgan fingerprint density at radius 2 is 1.38 bits per heavy atom. The molecule has 1 atom stereocenters. The number of nitrogens with zero attached hydrogens (tertiary/aromatic N) is 5. The van der Waals surface area contributed by atoms with E-state index >= 15 is 0 Å². The Morgan fingerprint density at radius 3 is 1.87 bits per heavy atom. The van der Waals surface area contributed by atoms with Crippen LogP contribution in [-0.4, -0.2) is 149 Å². The number of carbonyl (C=O) groups is 2. The average Bonchev–Trinajstić information content (AvgIpc) is 3.76. The van der Waals surface area contributed by atoms with E-state index in [1.165, 1.54) is 6.08 Å². The van der Waals surface area contributed by atoms with Gasteiger partial charge < -0.3 is 48.3 Å². The summed E-state index contributed by atoms with van der Waals surface area (Å²) in [5.41, 5.74) is 1.34. The second-order valence-corrected chi connectivity index (χ2v) is 10.6. The van der Waals surface area contributed by atoms with E-state index in [0.717, 1.165) is 19.5 Å². The Morgan fingerprint density at radius 1 is 0.844 bits per heavy atom. The molecule has 2 aliphatic rings. The molecule has 1 aromatic heterocycles. The Balaban J connectivity index is 0.965. The lowest BCUT2D eigenvalue weighted by atomic mass is 10.2. The van der Waals surface area contributed by atoms with Gasteiger partial charge in [-0.1, -0.05) is 18.7 Å². The first-order valence-electron chi connectivity index (χ1n) is 15.7. The SMILES string of the molecule is C=C1C=CC(=O)N1Cc1cn(CCOCCOCCOCCOCCOCCOCCOCCNC(=O)N2CC[C@H](C)C2)nn1. The maximum atomic E-state index is 12.0. The van der Waals surface area contributed by atoms with Crippen LogP contribution in [0.3, 0.4) is 0 Å². The number of hydrogen-bond acceptors (Lipinski definition) is 11. The number of nitrogens with one attached hydrogen (secondary N) is 1. The normalized spacial score (nSPS) is 16.4. The van der Waals surface area contributed by atoms with Gasteiger partial charge >= 0.3 is 6.03 Å². The van der Waals surface area contributed by atoms with Crippen molar-refractivity contribution < 1.29 is 42.7 Å². The molecule has 15 heteroatoms. The van der Waals surface area contributed by atoms with E-state index in [1.807, 2.05) is 4.90 Å². The predicted octanol–water partition coefficient (Wildman–Crippen LogP) is 0.858. The van der Waals surface area contributed by atoms with E-state index < -0.39 is 0 Å². The number of aromatic nitrogens is 3. The molecule has 2 aliphatic heterocycles. The van der Waals surface area contributed by atoms with E-state index in [0.29, 0.717) is 129 Å². The molecule has 0 radical (unpaired) electrons. The van der Waals surface area contributed by atoms with Crippen LogP contribution in [0.1, 0.15) is 19.0 Å². The van der Waals surface area contributed by atoms with Gasteiger partial charge in [0, 0.05) is 31.4 Å². The van der Waals surface area contributed by atoms with Gasteiger partial charge in [0.25, 0.3) is 5.91 Å². The molecule has 0 aliphatic carbocycles. The first-order valence-corrected chi connectivity index (χ1v) is 15.7. The summed E-state index contributed by atoms with van der Waals surface area (Å²) in [4.78, 5) is 27.1. The largest absolute Gasteiger partial charge is 0.377 e. The predicted molar refractivity (Wildman–Crippen MR) is 163 cm³/mol. The maximum absolute atomic E-state index is 12.0. The fourth-order valence-electron chi connectivity index (χ4n) is 4.39. The maximum Gasteiger partial charge on any atom is 0.317 e. The van der Waals surface area contributed by atoms with Crippen molar-refractivity contribution in [3.63, 3.8) is 0 Å². The number of amides is 3. The molecule has 3 heterocycles. The minimum absolute atomic E-state index is 0.00959. The first kappa shape index (κ1) is 36.5. The fourth-order valence-corrected chi connectivity index (χ4v) is 4.39. The van der Waals surface area contributed by atoms with E-state index in [2.05, 4.69) is 29.1 Å². The Labute approximate surface area is 265 Å². The lowest BCUT2D eigenvalue weighted by Gasteiger charge is -2.16. The molecule has 3 rings (SSSR count). The number of rotatable bonds is 26. The van der Waals surface area contributed by atoms with Gasteiger partial charge in [0.05, 0.1) is 112 Å². The molecule has 0 aromatic carbocycles. The molecule has 0 bridgehead atoms. The van der Waals surface area contributed by atoms with Gasteiger partial charge in [-0.05, 0) is 18.4 Å². The topological polar surface area (TPSA) is 148 Å². The summed E-state index contributed by atoms with van der Waals surface area (Å²) in [6.45, 7) is 15.8. The highest BCUT2D eigenvalue weighted by Gasteiger charge is 2.22. The quantitative estimate of drug-likeness (QED) is 0.144. The van der Waals surface area contributed by atoms with Crippen molar-refractivity contribution in [1.29, 1.82) is 0 Å². The van der Waals surface area contributed by atoms with Crippen molar-refractivity contribution in [2.45, 2.75) is 26.4 Å². The Bertz CT molecular complexity index is 1010. The van der Waals surface area contributed by atoms with Gasteiger partial charge in [-0.3, -0.25) is 4.79 Å². The lowest BCUT2D eigenvalue weighted by molar-refractivity contribution is -0.123. The van der Waals surface area contributed by atoms with Crippen molar-refractivity contribution in [3.8, 4) is 0 Å². The van der Waals surface area contributed by atoms with Gasteiger partial charge in [-0.15, -0.1) is 5.10 Å². The van der Waals surface area contributed by atoms with Crippen LogP contribution in [0.2, 0.25) is 0 Å². The van der Waals surface area contributed by atoms with Crippen LogP contribution in [0.25, 0.3) is 0 Å². The summed E-state index contributed by atoms with van der Waals surface area (Å²) in [6.07, 6.45) is 6.04. The average molecular weight is 639 g/mol. The first-order chi connectivity index (χ1) is 22.0. The van der Waals surface area contributed by atoms with E-state index in [-0.39, 0.29) is 11.9 Å². The van der Waals surface area contributed by atoms with Crippen molar-refractivity contribution in [2.75, 3.05) is 112 Å². The molecule has 3 amide bonds.